The van der Waals surface area contributed by atoms with Gasteiger partial charge < -0.3 is 9.30 Å². The van der Waals surface area contributed by atoms with Gasteiger partial charge in [-0.2, -0.15) is 5.10 Å². The van der Waals surface area contributed by atoms with Crippen molar-refractivity contribution in [2.24, 2.45) is 7.05 Å². The topological polar surface area (TPSA) is 69.4 Å². The first-order valence-corrected chi connectivity index (χ1v) is 10.7. The highest BCUT2D eigenvalue weighted by Gasteiger charge is 2.32. The predicted octanol–water partition coefficient (Wildman–Crippen LogP) is 1.95. The van der Waals surface area contributed by atoms with Crippen molar-refractivity contribution >= 4 is 22.1 Å². The van der Waals surface area contributed by atoms with Crippen molar-refractivity contribution in [3.63, 3.8) is 0 Å². The molecular weight excluding hydrogens is 372 g/mol. The Labute approximate surface area is 159 Å². The minimum atomic E-state index is -2.95. The fourth-order valence-electron chi connectivity index (χ4n) is 3.27. The molecule has 2 heterocycles. The Kier molecular flexibility index (Phi) is 5.50. The largest absolute Gasteiger partial charge is 0.497 e. The van der Waals surface area contributed by atoms with Crippen molar-refractivity contribution < 1.29 is 13.2 Å². The second-order valence-corrected chi connectivity index (χ2v) is 9.40. The number of hydrogen-bond acceptors (Lipinski definition) is 6. The van der Waals surface area contributed by atoms with Crippen molar-refractivity contribution in [1.29, 1.82) is 0 Å². The Morgan fingerprint density at radius 3 is 2.62 bits per heavy atom. The molecule has 0 unspecified atom stereocenters. The van der Waals surface area contributed by atoms with E-state index < -0.39 is 9.84 Å². The molecule has 1 aromatic heterocycles. The van der Waals surface area contributed by atoms with Crippen LogP contribution in [0.3, 0.4) is 0 Å². The Morgan fingerprint density at radius 2 is 2.04 bits per heavy atom. The maximum absolute atomic E-state index is 11.8. The molecule has 0 spiro atoms. The van der Waals surface area contributed by atoms with Crippen LogP contribution in [0.4, 0.5) is 0 Å². The van der Waals surface area contributed by atoms with Gasteiger partial charge in [0.15, 0.2) is 14.6 Å². The Hall–Kier alpha value is -1.71. The summed E-state index contributed by atoms with van der Waals surface area (Å²) in [5.74, 6) is 1.91. The minimum Gasteiger partial charge on any atom is -0.497 e. The average Bonchev–Trinajstić information content (AvgIpc) is 3.09. The van der Waals surface area contributed by atoms with E-state index in [1.165, 1.54) is 0 Å². The molecule has 1 fully saturated rings. The molecule has 9 heteroatoms. The number of benzene rings is 1. The normalized spacial score (nSPS) is 19.2. The summed E-state index contributed by atoms with van der Waals surface area (Å²) in [7, 11) is 2.56. The first kappa shape index (κ1) is 19.1. The van der Waals surface area contributed by atoms with Crippen molar-refractivity contribution in [1.82, 2.24) is 19.2 Å². The van der Waals surface area contributed by atoms with Crippen LogP contribution in [-0.2, 0) is 30.1 Å². The fourth-order valence-corrected chi connectivity index (χ4v) is 5.20. The Balaban J connectivity index is 1.71. The third-order valence-corrected chi connectivity index (χ3v) is 6.91. The number of aromatic nitrogens is 3. The number of ether oxygens (including phenoxy) is 1. The van der Waals surface area contributed by atoms with E-state index >= 15 is 0 Å². The number of hydrogen-bond donors (Lipinski definition) is 0. The molecule has 1 aliphatic heterocycles. The molecule has 0 saturated carbocycles. The lowest BCUT2D eigenvalue weighted by Gasteiger charge is -2.16. The summed E-state index contributed by atoms with van der Waals surface area (Å²) in [6, 6.07) is 7.94. The second kappa shape index (κ2) is 7.50. The molecule has 1 saturated heterocycles. The molecule has 7 nitrogen and oxygen atoms in total. The first-order valence-electron chi connectivity index (χ1n) is 8.44. The van der Waals surface area contributed by atoms with Gasteiger partial charge in [-0.15, -0.1) is 0 Å². The van der Waals surface area contributed by atoms with Gasteiger partial charge in [-0.1, -0.05) is 12.1 Å². The number of sulfone groups is 1. The highest BCUT2D eigenvalue weighted by atomic mass is 32.2. The van der Waals surface area contributed by atoms with Crippen LogP contribution in [0.2, 0.25) is 0 Å². The van der Waals surface area contributed by atoms with E-state index in [0.717, 1.165) is 23.7 Å². The highest BCUT2D eigenvalue weighted by Crippen LogP contribution is 2.27. The average molecular weight is 397 g/mol. The van der Waals surface area contributed by atoms with Gasteiger partial charge in [0.05, 0.1) is 25.3 Å². The van der Waals surface area contributed by atoms with E-state index in [0.29, 0.717) is 17.9 Å². The summed E-state index contributed by atoms with van der Waals surface area (Å²) in [5, 5.41) is 4.62. The van der Waals surface area contributed by atoms with Crippen LogP contribution in [0.1, 0.15) is 23.7 Å². The van der Waals surface area contributed by atoms with E-state index in [1.54, 1.807) is 11.8 Å². The van der Waals surface area contributed by atoms with E-state index in [-0.39, 0.29) is 17.4 Å². The van der Waals surface area contributed by atoms with Crippen molar-refractivity contribution in [2.45, 2.75) is 25.6 Å². The lowest BCUT2D eigenvalue weighted by atomic mass is 10.1. The zero-order chi connectivity index (χ0) is 18.9. The summed E-state index contributed by atoms with van der Waals surface area (Å²) < 4.78 is 32.9. The second-order valence-electron chi connectivity index (χ2n) is 6.80. The molecule has 2 aromatic rings. The van der Waals surface area contributed by atoms with Crippen LogP contribution in [-0.4, -0.2) is 53.3 Å². The monoisotopic (exact) mass is 396 g/mol. The first-order chi connectivity index (χ1) is 12.3. The molecule has 0 aliphatic carbocycles. The lowest BCUT2D eigenvalue weighted by molar-refractivity contribution is 0.243. The van der Waals surface area contributed by atoms with Crippen LogP contribution >= 0.6 is 12.2 Å². The molecule has 0 radical (unpaired) electrons. The number of methoxy groups -OCH3 is 1. The van der Waals surface area contributed by atoms with Crippen LogP contribution in [0.15, 0.2) is 24.3 Å². The molecule has 0 bridgehead atoms. The highest BCUT2D eigenvalue weighted by molar-refractivity contribution is 7.91. The van der Waals surface area contributed by atoms with E-state index in [4.69, 9.17) is 17.0 Å². The summed E-state index contributed by atoms with van der Waals surface area (Å²) in [5.41, 5.74) is 1.16. The standard InChI is InChI=1S/C17H24N4O3S2/c1-19(10-13-4-6-15(24-3)7-5-13)12-21-17(25)20(2)16(18-21)14-8-9-26(22,23)11-14/h4-7,14H,8-12H2,1-3H3/t14-/m1/s1. The Bertz CT molecular complexity index is 932. The molecule has 26 heavy (non-hydrogen) atoms. The predicted molar refractivity (Wildman–Crippen MR) is 103 cm³/mol. The molecule has 0 N–H and O–H groups in total. The van der Waals surface area contributed by atoms with Gasteiger partial charge in [0, 0.05) is 19.5 Å². The van der Waals surface area contributed by atoms with Crippen molar-refractivity contribution in [2.75, 3.05) is 25.7 Å². The number of rotatable bonds is 6. The molecule has 1 aromatic carbocycles. The third-order valence-electron chi connectivity index (χ3n) is 4.66. The Morgan fingerprint density at radius 1 is 1.35 bits per heavy atom. The van der Waals surface area contributed by atoms with Gasteiger partial charge in [0.1, 0.15) is 11.6 Å². The zero-order valence-corrected chi connectivity index (χ0v) is 16.9. The van der Waals surface area contributed by atoms with Gasteiger partial charge in [-0.25, -0.2) is 13.1 Å². The molecule has 3 rings (SSSR count). The molecular formula is C17H24N4O3S2. The quantitative estimate of drug-likeness (QED) is 0.695. The molecule has 1 aliphatic rings. The summed E-state index contributed by atoms with van der Waals surface area (Å²) in [6.45, 7) is 1.29. The van der Waals surface area contributed by atoms with Crippen molar-refractivity contribution in [3.8, 4) is 5.75 Å². The lowest BCUT2D eigenvalue weighted by Crippen LogP contribution is -2.22. The van der Waals surface area contributed by atoms with Crippen molar-refractivity contribution in [3.05, 3.63) is 40.4 Å². The SMILES string of the molecule is COc1ccc(CN(C)Cn2nc([C@@H]3CCS(=O)(=O)C3)n(C)c2=S)cc1. The molecule has 0 amide bonds. The van der Waals surface area contributed by atoms with Gasteiger partial charge in [0.25, 0.3) is 0 Å². The zero-order valence-electron chi connectivity index (χ0n) is 15.3. The smallest absolute Gasteiger partial charge is 0.198 e. The van der Waals surface area contributed by atoms with E-state index in [1.807, 2.05) is 42.9 Å². The van der Waals surface area contributed by atoms with Gasteiger partial charge >= 0.3 is 0 Å². The van der Waals surface area contributed by atoms with E-state index in [9.17, 15) is 8.42 Å². The summed E-state index contributed by atoms with van der Waals surface area (Å²) in [4.78, 5) is 2.11. The fraction of sp³-hybridized carbons (Fsp3) is 0.529. The van der Waals surface area contributed by atoms with Gasteiger partial charge in [0.2, 0.25) is 0 Å². The van der Waals surface area contributed by atoms with Crippen LogP contribution < -0.4 is 4.74 Å². The molecule has 142 valence electrons. The maximum Gasteiger partial charge on any atom is 0.198 e. The summed E-state index contributed by atoms with van der Waals surface area (Å²) in [6.07, 6.45) is 0.615. The van der Waals surface area contributed by atoms with E-state index in [2.05, 4.69) is 10.00 Å². The summed E-state index contributed by atoms with van der Waals surface area (Å²) >= 11 is 5.49. The van der Waals surface area contributed by atoms with Gasteiger partial charge in [-0.3, -0.25) is 4.90 Å². The molecule has 1 atom stereocenters. The third kappa shape index (κ3) is 4.16. The number of nitrogens with zero attached hydrogens (tertiary/aromatic N) is 4. The maximum atomic E-state index is 11.8. The minimum absolute atomic E-state index is 0.0696. The van der Waals surface area contributed by atoms with Crippen LogP contribution in [0, 0.1) is 4.77 Å². The van der Waals surface area contributed by atoms with Crippen LogP contribution in [0.5, 0.6) is 5.75 Å². The van der Waals surface area contributed by atoms with Crippen LogP contribution in [0.25, 0.3) is 0 Å². The van der Waals surface area contributed by atoms with Gasteiger partial charge in [-0.05, 0) is 43.4 Å².